The van der Waals surface area contributed by atoms with Crippen LogP contribution in [-0.2, 0) is 28.6 Å². The monoisotopic (exact) mass is 901 g/mol. The van der Waals surface area contributed by atoms with Crippen molar-refractivity contribution in [3.63, 3.8) is 0 Å². The largest absolute Gasteiger partial charge is 0.462 e. The smallest absolute Gasteiger partial charge is 0.306 e. The number of rotatable bonds is 46. The molecule has 0 aliphatic rings. The molecule has 6 heteroatoms. The SMILES string of the molecule is CC\C=C/C=C\C=C/C=C\CCCCCC(=O)OCC(COC(=O)CCCCCCC/C=C\CCCCCCCCCCC)OC(=O)CCCCC/C=C\C/C=C\C/C=C\C/C=C\CC. The standard InChI is InChI=1S/C59H96O6/c1-4-7-10-13-16-19-22-25-27-29-30-32-34-37-40-43-46-49-52-58(61)64-55-56(54-63-57(60)51-48-45-42-39-36-33-24-21-18-15-12-9-6-3)65-59(62)53-50-47-44-41-38-35-31-28-26-23-20-17-14-11-8-5-2/h8-9,11-12,15,17-18,20-21,24,26,28,30,32-33,35-36,38,56H,4-7,10,13-14,16,19,22-23,25,27,29,31,34,37,39-55H2,1-3H3/b11-8-,12-9-,18-15-,20-17-,24-21-,28-26-,32-30-,36-33-,38-35-. The molecule has 0 aromatic rings. The van der Waals surface area contributed by atoms with E-state index in [9.17, 15) is 14.4 Å². The highest BCUT2D eigenvalue weighted by Gasteiger charge is 2.19. The van der Waals surface area contributed by atoms with Gasteiger partial charge in [-0.05, 0) is 103 Å². The maximum Gasteiger partial charge on any atom is 0.306 e. The molecule has 0 heterocycles. The summed E-state index contributed by atoms with van der Waals surface area (Å²) in [5, 5.41) is 0. The van der Waals surface area contributed by atoms with Gasteiger partial charge in [0, 0.05) is 19.3 Å². The average molecular weight is 901 g/mol. The van der Waals surface area contributed by atoms with Crippen LogP contribution >= 0.6 is 0 Å². The number of ether oxygens (including phenoxy) is 3. The minimum atomic E-state index is -0.816. The summed E-state index contributed by atoms with van der Waals surface area (Å²) in [5.74, 6) is -0.994. The molecule has 6 nitrogen and oxygen atoms in total. The van der Waals surface area contributed by atoms with Crippen molar-refractivity contribution in [2.45, 2.75) is 232 Å². The number of carbonyl (C=O) groups excluding carboxylic acids is 3. The first-order valence-corrected chi connectivity index (χ1v) is 26.4. The van der Waals surface area contributed by atoms with Gasteiger partial charge in [-0.3, -0.25) is 14.4 Å². The minimum Gasteiger partial charge on any atom is -0.462 e. The van der Waals surface area contributed by atoms with Crippen LogP contribution in [0.5, 0.6) is 0 Å². The Kier molecular flexibility index (Phi) is 49.5. The normalized spacial score (nSPS) is 13.0. The second kappa shape index (κ2) is 52.7. The fourth-order valence-electron chi connectivity index (χ4n) is 6.91. The maximum absolute atomic E-state index is 12.8. The third-order valence-electron chi connectivity index (χ3n) is 10.8. The number of hydrogen-bond donors (Lipinski definition) is 0. The lowest BCUT2D eigenvalue weighted by molar-refractivity contribution is -0.167. The fourth-order valence-corrected chi connectivity index (χ4v) is 6.91. The molecule has 0 bridgehead atoms. The Morgan fingerprint density at radius 2 is 0.677 bits per heavy atom. The molecule has 0 aromatic heterocycles. The molecule has 0 aliphatic heterocycles. The number of carbonyl (C=O) groups is 3. The van der Waals surface area contributed by atoms with Crippen molar-refractivity contribution in [1.82, 2.24) is 0 Å². The van der Waals surface area contributed by atoms with E-state index in [1.54, 1.807) is 0 Å². The van der Waals surface area contributed by atoms with Gasteiger partial charge in [0.1, 0.15) is 13.2 Å². The second-order valence-corrected chi connectivity index (χ2v) is 17.1. The molecule has 1 unspecified atom stereocenters. The Hall–Kier alpha value is -3.93. The molecule has 0 N–H and O–H groups in total. The third kappa shape index (κ3) is 50.9. The van der Waals surface area contributed by atoms with E-state index in [0.29, 0.717) is 19.3 Å². The first-order chi connectivity index (χ1) is 32.0. The van der Waals surface area contributed by atoms with Crippen molar-refractivity contribution in [3.05, 3.63) is 109 Å². The van der Waals surface area contributed by atoms with Gasteiger partial charge < -0.3 is 14.2 Å². The summed E-state index contributed by atoms with van der Waals surface area (Å²) in [4.78, 5) is 38.0. The average Bonchev–Trinajstić information content (AvgIpc) is 3.30. The van der Waals surface area contributed by atoms with Gasteiger partial charge in [-0.15, -0.1) is 0 Å². The number of hydrogen-bond acceptors (Lipinski definition) is 6. The van der Waals surface area contributed by atoms with Crippen molar-refractivity contribution in [2.75, 3.05) is 13.2 Å². The van der Waals surface area contributed by atoms with E-state index < -0.39 is 6.10 Å². The summed E-state index contributed by atoms with van der Waals surface area (Å²) in [6, 6.07) is 0. The molecule has 0 spiro atoms. The van der Waals surface area contributed by atoms with E-state index in [2.05, 4.69) is 93.7 Å². The molecular weight excluding hydrogens is 805 g/mol. The van der Waals surface area contributed by atoms with Gasteiger partial charge in [0.25, 0.3) is 0 Å². The van der Waals surface area contributed by atoms with Crippen LogP contribution in [0.4, 0.5) is 0 Å². The van der Waals surface area contributed by atoms with E-state index >= 15 is 0 Å². The van der Waals surface area contributed by atoms with Gasteiger partial charge in [0.2, 0.25) is 0 Å². The first kappa shape index (κ1) is 61.1. The Morgan fingerprint density at radius 1 is 0.338 bits per heavy atom. The van der Waals surface area contributed by atoms with Gasteiger partial charge in [-0.25, -0.2) is 0 Å². The Balaban J connectivity index is 4.50. The van der Waals surface area contributed by atoms with Gasteiger partial charge in [-0.1, -0.05) is 214 Å². The van der Waals surface area contributed by atoms with E-state index in [0.717, 1.165) is 109 Å². The lowest BCUT2D eigenvalue weighted by atomic mass is 10.1. The number of unbranched alkanes of at least 4 members (excludes halogenated alkanes) is 20. The molecule has 0 radical (unpaired) electrons. The van der Waals surface area contributed by atoms with Crippen LogP contribution in [0.15, 0.2) is 109 Å². The number of esters is 3. The van der Waals surface area contributed by atoms with E-state index in [1.807, 2.05) is 36.5 Å². The van der Waals surface area contributed by atoms with Gasteiger partial charge in [-0.2, -0.15) is 0 Å². The van der Waals surface area contributed by atoms with Crippen molar-refractivity contribution in [3.8, 4) is 0 Å². The van der Waals surface area contributed by atoms with Crippen LogP contribution in [0.2, 0.25) is 0 Å². The zero-order chi connectivity index (χ0) is 47.2. The predicted octanol–water partition coefficient (Wildman–Crippen LogP) is 17.5. The van der Waals surface area contributed by atoms with Crippen LogP contribution in [0.25, 0.3) is 0 Å². The van der Waals surface area contributed by atoms with Crippen LogP contribution < -0.4 is 0 Å². The maximum atomic E-state index is 12.8. The zero-order valence-electron chi connectivity index (χ0n) is 42.0. The van der Waals surface area contributed by atoms with Crippen molar-refractivity contribution in [1.29, 1.82) is 0 Å². The summed E-state index contributed by atoms with van der Waals surface area (Å²) in [5.41, 5.74) is 0. The van der Waals surface area contributed by atoms with Crippen LogP contribution in [0.1, 0.15) is 226 Å². The second-order valence-electron chi connectivity index (χ2n) is 17.1. The van der Waals surface area contributed by atoms with Crippen LogP contribution in [0.3, 0.4) is 0 Å². The molecule has 368 valence electrons. The lowest BCUT2D eigenvalue weighted by Crippen LogP contribution is -2.30. The molecule has 0 aliphatic carbocycles. The molecule has 1 atom stereocenters. The topological polar surface area (TPSA) is 78.9 Å². The summed E-state index contributed by atoms with van der Waals surface area (Å²) in [7, 11) is 0. The Bertz CT molecular complexity index is 1360. The van der Waals surface area contributed by atoms with Crippen LogP contribution in [0, 0.1) is 0 Å². The number of allylic oxidation sites excluding steroid dienone is 18. The summed E-state index contributed by atoms with van der Waals surface area (Å²) in [6.45, 7) is 6.31. The Labute approximate surface area is 400 Å². The minimum absolute atomic E-state index is 0.110. The molecule has 0 aromatic carbocycles. The summed E-state index contributed by atoms with van der Waals surface area (Å²) < 4.78 is 16.7. The zero-order valence-corrected chi connectivity index (χ0v) is 42.0. The Morgan fingerprint density at radius 3 is 1.15 bits per heavy atom. The van der Waals surface area contributed by atoms with Crippen LogP contribution in [-0.4, -0.2) is 37.2 Å². The van der Waals surface area contributed by atoms with Gasteiger partial charge in [0.05, 0.1) is 0 Å². The van der Waals surface area contributed by atoms with E-state index in [1.165, 1.54) is 70.6 Å². The molecule has 0 saturated heterocycles. The highest BCUT2D eigenvalue weighted by molar-refractivity contribution is 5.71. The molecule has 0 rings (SSSR count). The highest BCUT2D eigenvalue weighted by Crippen LogP contribution is 2.13. The molecular formula is C59H96O6. The first-order valence-electron chi connectivity index (χ1n) is 26.4. The van der Waals surface area contributed by atoms with E-state index in [4.69, 9.17) is 14.2 Å². The van der Waals surface area contributed by atoms with Gasteiger partial charge >= 0.3 is 17.9 Å². The molecule has 0 amide bonds. The fraction of sp³-hybridized carbons (Fsp3) is 0.644. The summed E-state index contributed by atoms with van der Waals surface area (Å²) in [6.07, 6.45) is 70.8. The van der Waals surface area contributed by atoms with Crippen molar-refractivity contribution < 1.29 is 28.6 Å². The predicted molar refractivity (Wildman–Crippen MR) is 279 cm³/mol. The van der Waals surface area contributed by atoms with E-state index in [-0.39, 0.29) is 37.5 Å². The van der Waals surface area contributed by atoms with Gasteiger partial charge in [0.15, 0.2) is 6.10 Å². The molecule has 0 saturated carbocycles. The highest BCUT2D eigenvalue weighted by atomic mass is 16.6. The van der Waals surface area contributed by atoms with Crippen molar-refractivity contribution in [2.24, 2.45) is 0 Å². The molecule has 0 fully saturated rings. The third-order valence-corrected chi connectivity index (χ3v) is 10.8. The quantitative estimate of drug-likeness (QED) is 0.0199. The molecule has 65 heavy (non-hydrogen) atoms. The summed E-state index contributed by atoms with van der Waals surface area (Å²) >= 11 is 0. The lowest BCUT2D eigenvalue weighted by Gasteiger charge is -2.18. The van der Waals surface area contributed by atoms with Crippen molar-refractivity contribution >= 4 is 17.9 Å².